The summed E-state index contributed by atoms with van der Waals surface area (Å²) in [5, 5.41) is 0. The van der Waals surface area contributed by atoms with Crippen molar-refractivity contribution in [1.29, 1.82) is 0 Å². The van der Waals surface area contributed by atoms with E-state index in [0.29, 0.717) is 24.0 Å². The van der Waals surface area contributed by atoms with Gasteiger partial charge in [0.05, 0.1) is 0 Å². The predicted octanol–water partition coefficient (Wildman–Crippen LogP) is 8.60. The van der Waals surface area contributed by atoms with Gasteiger partial charge < -0.3 is 0 Å². The van der Waals surface area contributed by atoms with E-state index in [1.165, 1.54) is 44.1 Å². The fourth-order valence-electron chi connectivity index (χ4n) is 4.62. The van der Waals surface area contributed by atoms with Crippen molar-refractivity contribution in [3.8, 4) is 0 Å². The second-order valence-electron chi connectivity index (χ2n) is 8.16. The number of halogens is 3. The van der Waals surface area contributed by atoms with Gasteiger partial charge in [-0.05, 0) is 48.6 Å². The van der Waals surface area contributed by atoms with Crippen LogP contribution in [0.3, 0.4) is 0 Å². The number of allylic oxidation sites excluding steroid dienone is 1. The Kier molecular flexibility index (Phi) is 9.82. The Labute approximate surface area is 169 Å². The number of hydrogen-bond acceptors (Lipinski definition) is 0. The first-order chi connectivity index (χ1) is 13.1. The van der Waals surface area contributed by atoms with Gasteiger partial charge in [-0.25, -0.2) is 8.78 Å². The monoisotopic (exact) mass is 396 g/mol. The van der Waals surface area contributed by atoms with E-state index in [1.54, 1.807) is 12.1 Å². The topological polar surface area (TPSA) is 0 Å². The molecule has 1 aliphatic rings. The van der Waals surface area contributed by atoms with Crippen LogP contribution in [-0.2, 0) is 11.8 Å². The molecule has 3 heteroatoms. The Bertz CT molecular complexity index is 588. The average molecular weight is 397 g/mol. The fraction of sp³-hybridized carbons (Fsp3) is 0.667. The van der Waals surface area contributed by atoms with Crippen molar-refractivity contribution in [2.45, 2.75) is 102 Å². The van der Waals surface area contributed by atoms with E-state index >= 15 is 4.39 Å². The lowest BCUT2D eigenvalue weighted by molar-refractivity contribution is 0.254. The molecule has 1 aliphatic carbocycles. The van der Waals surface area contributed by atoms with E-state index in [1.807, 2.05) is 6.07 Å². The van der Waals surface area contributed by atoms with Gasteiger partial charge in [-0.15, -0.1) is 0 Å². The van der Waals surface area contributed by atoms with Gasteiger partial charge in [0.1, 0.15) is 0 Å². The maximum Gasteiger partial charge on any atom is 0.162 e. The molecule has 0 aromatic heterocycles. The highest BCUT2D eigenvalue weighted by molar-refractivity contribution is 6.25. The third-order valence-electron chi connectivity index (χ3n) is 6.22. The Morgan fingerprint density at radius 3 is 2.37 bits per heavy atom. The van der Waals surface area contributed by atoms with Gasteiger partial charge in [-0.3, -0.25) is 0 Å². The van der Waals surface area contributed by atoms with E-state index in [4.69, 9.17) is 11.6 Å². The highest BCUT2D eigenvalue weighted by Gasteiger charge is 2.36. The molecule has 27 heavy (non-hydrogen) atoms. The first-order valence-electron chi connectivity index (χ1n) is 10.9. The van der Waals surface area contributed by atoms with Crippen molar-refractivity contribution < 1.29 is 8.78 Å². The molecule has 1 aromatic carbocycles. The number of rotatable bonds is 11. The number of hydrogen-bond donors (Lipinski definition) is 0. The van der Waals surface area contributed by atoms with Crippen LogP contribution in [-0.4, -0.2) is 0 Å². The molecule has 0 spiro atoms. The molecule has 1 saturated carbocycles. The molecule has 1 fully saturated rings. The summed E-state index contributed by atoms with van der Waals surface area (Å²) in [4.78, 5) is 0. The van der Waals surface area contributed by atoms with Gasteiger partial charge in [-0.2, -0.15) is 0 Å². The smallest absolute Gasteiger partial charge is 0.162 e. The third kappa shape index (κ3) is 6.31. The highest BCUT2D eigenvalue weighted by Crippen LogP contribution is 2.45. The van der Waals surface area contributed by atoms with Crippen LogP contribution in [0.25, 0.3) is 0 Å². The molecule has 0 atom stereocenters. The SMILES string of the molecule is CCCCCCCCC1(c2ccc(CC/C=C/Cl)c(F)c2F)CCCCC1. The maximum atomic E-state index is 15.1. The predicted molar refractivity (Wildman–Crippen MR) is 112 cm³/mol. The average Bonchev–Trinajstić information content (AvgIpc) is 2.69. The largest absolute Gasteiger partial charge is 0.203 e. The normalized spacial score (nSPS) is 16.9. The Balaban J connectivity index is 2.11. The summed E-state index contributed by atoms with van der Waals surface area (Å²) in [6.07, 6.45) is 16.7. The van der Waals surface area contributed by atoms with Crippen LogP contribution in [0.2, 0.25) is 0 Å². The van der Waals surface area contributed by atoms with E-state index < -0.39 is 11.6 Å². The Morgan fingerprint density at radius 1 is 0.963 bits per heavy atom. The van der Waals surface area contributed by atoms with Crippen molar-refractivity contribution in [3.05, 3.63) is 46.5 Å². The second-order valence-corrected chi connectivity index (χ2v) is 8.41. The van der Waals surface area contributed by atoms with Crippen LogP contribution in [0.1, 0.15) is 102 Å². The molecule has 0 radical (unpaired) electrons. The first kappa shape index (κ1) is 22.4. The van der Waals surface area contributed by atoms with E-state index in [-0.39, 0.29) is 5.41 Å². The van der Waals surface area contributed by atoms with Crippen molar-refractivity contribution in [2.24, 2.45) is 0 Å². The quantitative estimate of drug-likeness (QED) is 0.328. The lowest BCUT2D eigenvalue weighted by Gasteiger charge is -2.38. The van der Waals surface area contributed by atoms with Gasteiger partial charge in [0.2, 0.25) is 0 Å². The molecular formula is C24H35ClF2. The van der Waals surface area contributed by atoms with Crippen LogP contribution in [0, 0.1) is 11.6 Å². The van der Waals surface area contributed by atoms with Gasteiger partial charge in [0, 0.05) is 5.54 Å². The highest BCUT2D eigenvalue weighted by atomic mass is 35.5. The van der Waals surface area contributed by atoms with Gasteiger partial charge in [0.25, 0.3) is 0 Å². The summed E-state index contributed by atoms with van der Waals surface area (Å²) in [7, 11) is 0. The van der Waals surface area contributed by atoms with E-state index in [2.05, 4.69) is 6.92 Å². The number of unbranched alkanes of at least 4 members (excludes halogenated alkanes) is 5. The zero-order chi connectivity index (χ0) is 19.5. The first-order valence-corrected chi connectivity index (χ1v) is 11.3. The molecule has 152 valence electrons. The second kappa shape index (κ2) is 11.8. The van der Waals surface area contributed by atoms with Crippen LogP contribution in [0.4, 0.5) is 8.78 Å². The lowest BCUT2D eigenvalue weighted by atomic mass is 9.66. The van der Waals surface area contributed by atoms with E-state index in [9.17, 15) is 4.39 Å². The lowest BCUT2D eigenvalue weighted by Crippen LogP contribution is -2.30. The molecule has 0 unspecified atom stereocenters. The molecule has 0 nitrogen and oxygen atoms in total. The summed E-state index contributed by atoms with van der Waals surface area (Å²) >= 11 is 5.52. The minimum atomic E-state index is -0.650. The number of aryl methyl sites for hydroxylation is 1. The van der Waals surface area contributed by atoms with Crippen LogP contribution >= 0.6 is 11.6 Å². The number of benzene rings is 1. The van der Waals surface area contributed by atoms with Crippen molar-refractivity contribution >= 4 is 11.6 Å². The zero-order valence-corrected chi connectivity index (χ0v) is 17.6. The minimum Gasteiger partial charge on any atom is -0.203 e. The molecule has 0 aliphatic heterocycles. The molecule has 0 bridgehead atoms. The summed E-state index contributed by atoms with van der Waals surface area (Å²) in [5.41, 5.74) is 2.35. The van der Waals surface area contributed by atoms with Crippen LogP contribution < -0.4 is 0 Å². The van der Waals surface area contributed by atoms with Crippen LogP contribution in [0.5, 0.6) is 0 Å². The minimum absolute atomic E-state index is 0.164. The summed E-state index contributed by atoms with van der Waals surface area (Å²) in [6.45, 7) is 2.23. The molecular weight excluding hydrogens is 362 g/mol. The third-order valence-corrected chi connectivity index (χ3v) is 6.40. The van der Waals surface area contributed by atoms with Crippen molar-refractivity contribution in [3.63, 3.8) is 0 Å². The van der Waals surface area contributed by atoms with Gasteiger partial charge in [-0.1, -0.05) is 94.5 Å². The molecule has 2 rings (SSSR count). The summed E-state index contributed by atoms with van der Waals surface area (Å²) < 4.78 is 29.8. The fourth-order valence-corrected chi connectivity index (χ4v) is 4.75. The summed E-state index contributed by atoms with van der Waals surface area (Å²) in [6, 6.07) is 3.67. The molecule has 1 aromatic rings. The summed E-state index contributed by atoms with van der Waals surface area (Å²) in [5.74, 6) is -1.25. The van der Waals surface area contributed by atoms with Gasteiger partial charge in [0.15, 0.2) is 11.6 Å². The van der Waals surface area contributed by atoms with Crippen molar-refractivity contribution in [2.75, 3.05) is 0 Å². The van der Waals surface area contributed by atoms with Crippen molar-refractivity contribution in [1.82, 2.24) is 0 Å². The maximum absolute atomic E-state index is 15.1. The zero-order valence-electron chi connectivity index (χ0n) is 16.8. The molecule has 0 heterocycles. The molecule has 0 saturated heterocycles. The Hall–Kier alpha value is -0.890. The molecule has 0 N–H and O–H groups in total. The standard InChI is InChI=1S/C24H35ClF2/c1-2-3-4-5-6-9-16-24(17-10-7-11-18-24)21-15-14-20(13-8-12-19-25)22(26)23(21)27/h12,14-15,19H,2-11,13,16-18H2,1H3/b19-12+. The Morgan fingerprint density at radius 2 is 1.67 bits per heavy atom. The molecule has 0 amide bonds. The van der Waals surface area contributed by atoms with Gasteiger partial charge >= 0.3 is 0 Å². The van der Waals surface area contributed by atoms with E-state index in [0.717, 1.165) is 38.5 Å². The van der Waals surface area contributed by atoms with Crippen LogP contribution in [0.15, 0.2) is 23.7 Å².